The maximum absolute atomic E-state index is 6.88. The topological polar surface area (TPSA) is 19.6 Å². The van der Waals surface area contributed by atoms with Gasteiger partial charge in [-0.1, -0.05) is 170 Å². The number of fused-ring (bicyclic) bond motifs is 5. The van der Waals surface area contributed by atoms with Crippen LogP contribution >= 0.6 is 0 Å². The average Bonchev–Trinajstić information content (AvgIpc) is 3.52. The maximum atomic E-state index is 6.88. The molecule has 0 aliphatic heterocycles. The van der Waals surface area contributed by atoms with E-state index in [1.165, 1.54) is 16.7 Å². The molecule has 11 rings (SSSR count). The van der Waals surface area contributed by atoms with E-state index in [-0.39, 0.29) is 0 Å². The zero-order valence-corrected chi connectivity index (χ0v) is 34.3. The van der Waals surface area contributed by atoms with Crippen LogP contribution in [0, 0.1) is 0 Å². The summed E-state index contributed by atoms with van der Waals surface area (Å²) >= 11 is 0. The molecule has 1 atom stereocenters. The average molecular weight is 797 g/mol. The molecule has 0 fully saturated rings. The second-order valence-corrected chi connectivity index (χ2v) is 16.0. The molecule has 0 saturated carbocycles. The van der Waals surface area contributed by atoms with Gasteiger partial charge < -0.3 is 14.2 Å². The first-order chi connectivity index (χ1) is 30.8. The Morgan fingerprint density at radius 3 is 1.87 bits per heavy atom. The second kappa shape index (κ2) is 16.3. The predicted molar refractivity (Wildman–Crippen MR) is 261 cm³/mol. The normalized spacial score (nSPS) is 14.8. The molecular formula is C59H44N2O. The van der Waals surface area contributed by atoms with E-state index in [1.54, 1.807) is 0 Å². The highest BCUT2D eigenvalue weighted by Gasteiger charge is 2.24. The van der Waals surface area contributed by atoms with E-state index in [0.29, 0.717) is 5.92 Å². The van der Waals surface area contributed by atoms with E-state index >= 15 is 0 Å². The minimum atomic E-state index is 0.324. The fraction of sp³-hybridized carbons (Fsp3) is 0.0508. The largest absolute Gasteiger partial charge is 0.455 e. The highest BCUT2D eigenvalue weighted by Crippen LogP contribution is 2.46. The van der Waals surface area contributed by atoms with Crippen LogP contribution in [0.2, 0.25) is 0 Å². The van der Waals surface area contributed by atoms with Crippen LogP contribution in [-0.2, 0) is 0 Å². The molecule has 0 saturated heterocycles. The molecule has 3 heteroatoms. The maximum Gasteiger partial charge on any atom is 0.143 e. The monoisotopic (exact) mass is 796 g/mol. The van der Waals surface area contributed by atoms with Crippen LogP contribution in [0.1, 0.15) is 24.3 Å². The minimum Gasteiger partial charge on any atom is -0.455 e. The summed E-state index contributed by atoms with van der Waals surface area (Å²) in [5.74, 6) is 0.324. The second-order valence-electron chi connectivity index (χ2n) is 16.0. The first-order valence-corrected chi connectivity index (χ1v) is 21.5. The summed E-state index contributed by atoms with van der Waals surface area (Å²) in [6, 6.07) is 67.5. The number of nitrogens with zero attached hydrogens (tertiary/aromatic N) is 2. The Balaban J connectivity index is 1.06. The van der Waals surface area contributed by atoms with Crippen LogP contribution in [0.3, 0.4) is 0 Å². The molecule has 1 heterocycles. The molecule has 2 aliphatic carbocycles. The van der Waals surface area contributed by atoms with Crippen LogP contribution < -0.4 is 9.80 Å². The summed E-state index contributed by atoms with van der Waals surface area (Å²) in [4.78, 5) is 4.76. The number of allylic oxidation sites excluding steroid dienone is 8. The molecule has 9 aromatic rings. The van der Waals surface area contributed by atoms with Crippen molar-refractivity contribution in [1.82, 2.24) is 0 Å². The lowest BCUT2D eigenvalue weighted by Gasteiger charge is -2.30. The van der Waals surface area contributed by atoms with E-state index < -0.39 is 0 Å². The van der Waals surface area contributed by atoms with Gasteiger partial charge in [-0.05, 0) is 107 Å². The van der Waals surface area contributed by atoms with Crippen LogP contribution in [0.5, 0.6) is 0 Å². The quantitative estimate of drug-likeness (QED) is 0.145. The Bertz CT molecular complexity index is 3210. The molecule has 0 amide bonds. The Hall–Kier alpha value is -7.88. The van der Waals surface area contributed by atoms with Crippen molar-refractivity contribution in [3.8, 4) is 22.3 Å². The number of furan rings is 1. The molecule has 0 bridgehead atoms. The third kappa shape index (κ3) is 6.94. The van der Waals surface area contributed by atoms with Crippen molar-refractivity contribution in [1.29, 1.82) is 0 Å². The number of rotatable bonds is 9. The van der Waals surface area contributed by atoms with Crippen LogP contribution in [-0.4, -0.2) is 0 Å². The van der Waals surface area contributed by atoms with E-state index in [1.807, 2.05) is 0 Å². The van der Waals surface area contributed by atoms with Crippen molar-refractivity contribution in [2.24, 2.45) is 0 Å². The smallest absolute Gasteiger partial charge is 0.143 e. The molecule has 296 valence electrons. The number of hydrogen-bond acceptors (Lipinski definition) is 3. The van der Waals surface area contributed by atoms with Crippen LogP contribution in [0.25, 0.3) is 55.0 Å². The molecule has 62 heavy (non-hydrogen) atoms. The van der Waals surface area contributed by atoms with Gasteiger partial charge in [0.25, 0.3) is 0 Å². The number of para-hydroxylation sites is 1. The van der Waals surface area contributed by atoms with Gasteiger partial charge in [-0.3, -0.25) is 0 Å². The highest BCUT2D eigenvalue weighted by molar-refractivity contribution is 6.22. The Kier molecular flexibility index (Phi) is 9.76. The zero-order chi connectivity index (χ0) is 41.2. The SMILES string of the molecule is C1=CCC=CC(N(c2ccccc2)c2ccc(-c3cccc4oc5c6ccccc6c(N(C6=CCC(c7ccccc7)C=C6)c6ccc(-c7ccccc7)cc6)cc5c34)cc2)=C1. The molecule has 1 aromatic heterocycles. The van der Waals surface area contributed by atoms with E-state index in [0.717, 1.165) is 90.8 Å². The predicted octanol–water partition coefficient (Wildman–Crippen LogP) is 16.4. The van der Waals surface area contributed by atoms with Gasteiger partial charge in [0, 0.05) is 55.9 Å². The molecule has 3 nitrogen and oxygen atoms in total. The molecule has 2 aliphatic rings. The van der Waals surface area contributed by atoms with E-state index in [4.69, 9.17) is 4.42 Å². The molecule has 0 N–H and O–H groups in total. The van der Waals surface area contributed by atoms with Gasteiger partial charge in [-0.15, -0.1) is 0 Å². The first kappa shape index (κ1) is 37.1. The third-order valence-corrected chi connectivity index (χ3v) is 12.2. The summed E-state index contributed by atoms with van der Waals surface area (Å²) in [5.41, 5.74) is 14.5. The van der Waals surface area contributed by atoms with Gasteiger partial charge in [-0.25, -0.2) is 0 Å². The fourth-order valence-electron chi connectivity index (χ4n) is 9.17. The lowest BCUT2D eigenvalue weighted by Crippen LogP contribution is -2.17. The number of anilines is 4. The van der Waals surface area contributed by atoms with Crippen molar-refractivity contribution >= 4 is 55.5 Å². The van der Waals surface area contributed by atoms with Gasteiger partial charge in [0.05, 0.1) is 5.69 Å². The molecule has 1 unspecified atom stereocenters. The van der Waals surface area contributed by atoms with Crippen molar-refractivity contribution in [3.05, 3.63) is 254 Å². The van der Waals surface area contributed by atoms with Crippen molar-refractivity contribution in [3.63, 3.8) is 0 Å². The Labute approximate surface area is 362 Å². The van der Waals surface area contributed by atoms with E-state index in [2.05, 4.69) is 246 Å². The Morgan fingerprint density at radius 2 is 1.13 bits per heavy atom. The van der Waals surface area contributed by atoms with Crippen LogP contribution in [0.15, 0.2) is 252 Å². The minimum absolute atomic E-state index is 0.324. The summed E-state index contributed by atoms with van der Waals surface area (Å²) in [6.45, 7) is 0. The summed E-state index contributed by atoms with van der Waals surface area (Å²) in [6.07, 6.45) is 19.8. The third-order valence-electron chi connectivity index (χ3n) is 12.2. The first-order valence-electron chi connectivity index (χ1n) is 21.5. The van der Waals surface area contributed by atoms with Crippen LogP contribution in [0.4, 0.5) is 22.7 Å². The molecule has 0 spiro atoms. The van der Waals surface area contributed by atoms with Gasteiger partial charge >= 0.3 is 0 Å². The van der Waals surface area contributed by atoms with Gasteiger partial charge in [0.2, 0.25) is 0 Å². The van der Waals surface area contributed by atoms with Crippen molar-refractivity contribution in [2.75, 3.05) is 9.80 Å². The summed E-state index contributed by atoms with van der Waals surface area (Å²) < 4.78 is 6.88. The molecular weight excluding hydrogens is 753 g/mol. The standard InChI is InChI=1S/C59H44N2O/c1-2-11-22-47(21-10-1)60(48-23-12-5-13-24-48)49-39-33-46(34-40-49)52-27-16-28-57-58(52)55-41-56(53-25-14-15-26-54(53)59(55)62-57)61(50-35-29-44(30-36-50)42-17-6-3-7-18-42)51-37-31-45(32-38-51)43-19-8-4-9-20-43/h1,3-31,33-41,45H,2,32H2. The highest BCUT2D eigenvalue weighted by atomic mass is 16.3. The van der Waals surface area contributed by atoms with Gasteiger partial charge in [0.15, 0.2) is 0 Å². The Morgan fingerprint density at radius 1 is 0.484 bits per heavy atom. The lowest BCUT2D eigenvalue weighted by atomic mass is 9.91. The molecule has 0 radical (unpaired) electrons. The number of benzene rings is 8. The van der Waals surface area contributed by atoms with Crippen molar-refractivity contribution < 1.29 is 4.42 Å². The summed E-state index contributed by atoms with van der Waals surface area (Å²) in [7, 11) is 0. The fourth-order valence-corrected chi connectivity index (χ4v) is 9.17. The van der Waals surface area contributed by atoms with Gasteiger partial charge in [-0.2, -0.15) is 0 Å². The molecule has 8 aromatic carbocycles. The van der Waals surface area contributed by atoms with E-state index in [9.17, 15) is 0 Å². The summed E-state index contributed by atoms with van der Waals surface area (Å²) in [5, 5.41) is 4.42. The van der Waals surface area contributed by atoms with Crippen molar-refractivity contribution in [2.45, 2.75) is 18.8 Å². The van der Waals surface area contributed by atoms with Gasteiger partial charge in [0.1, 0.15) is 11.2 Å². The lowest BCUT2D eigenvalue weighted by molar-refractivity contribution is 0.673. The zero-order valence-electron chi connectivity index (χ0n) is 34.3. The number of hydrogen-bond donors (Lipinski definition) is 0.